The maximum absolute atomic E-state index is 13.7. The summed E-state index contributed by atoms with van der Waals surface area (Å²) in [7, 11) is 1.25. The largest absolute Gasteiger partial charge is 0.469 e. The fourth-order valence-corrected chi connectivity index (χ4v) is 1.71. The van der Waals surface area contributed by atoms with Crippen molar-refractivity contribution in [3.05, 3.63) is 35.0 Å². The van der Waals surface area contributed by atoms with Crippen molar-refractivity contribution in [3.8, 4) is 0 Å². The molecule has 0 unspecified atom stereocenters. The van der Waals surface area contributed by atoms with E-state index in [1.54, 1.807) is 6.07 Å². The van der Waals surface area contributed by atoms with Crippen molar-refractivity contribution < 1.29 is 13.9 Å². The van der Waals surface area contributed by atoms with E-state index in [0.29, 0.717) is 5.52 Å². The lowest BCUT2D eigenvalue weighted by molar-refractivity contribution is -0.139. The molecule has 1 heterocycles. The molecular weight excluding hydrogens is 247 g/mol. The summed E-state index contributed by atoms with van der Waals surface area (Å²) < 4.78 is 18.2. The predicted octanol–water partition coefficient (Wildman–Crippen LogP) is 2.14. The maximum Gasteiger partial charge on any atom is 0.311 e. The monoisotopic (exact) mass is 254 g/mol. The van der Waals surface area contributed by atoms with Crippen LogP contribution >= 0.6 is 11.6 Å². The van der Waals surface area contributed by atoms with Crippen LogP contribution in [0.5, 0.6) is 0 Å². The number of halogens is 2. The third-order valence-corrected chi connectivity index (χ3v) is 2.43. The van der Waals surface area contributed by atoms with Gasteiger partial charge in [0.1, 0.15) is 5.82 Å². The molecule has 0 bridgehead atoms. The third-order valence-electron chi connectivity index (χ3n) is 2.26. The normalized spacial score (nSPS) is 10.5. The van der Waals surface area contributed by atoms with Gasteiger partial charge in [-0.25, -0.2) is 14.4 Å². The summed E-state index contributed by atoms with van der Waals surface area (Å²) in [4.78, 5) is 19.0. The van der Waals surface area contributed by atoms with Gasteiger partial charge < -0.3 is 4.74 Å². The van der Waals surface area contributed by atoms with E-state index in [1.807, 2.05) is 0 Å². The molecule has 4 nitrogen and oxygen atoms in total. The Morgan fingerprint density at radius 2 is 2.24 bits per heavy atom. The second-order valence-electron chi connectivity index (χ2n) is 3.33. The number of methoxy groups -OCH3 is 1. The number of hydrogen-bond acceptors (Lipinski definition) is 4. The van der Waals surface area contributed by atoms with Gasteiger partial charge in [0.25, 0.3) is 0 Å². The van der Waals surface area contributed by atoms with Gasteiger partial charge in [0.2, 0.25) is 5.28 Å². The van der Waals surface area contributed by atoms with E-state index < -0.39 is 11.8 Å². The number of benzene rings is 1. The predicted molar refractivity (Wildman–Crippen MR) is 60.2 cm³/mol. The Morgan fingerprint density at radius 1 is 1.47 bits per heavy atom. The summed E-state index contributed by atoms with van der Waals surface area (Å²) >= 11 is 5.71. The Morgan fingerprint density at radius 3 is 2.94 bits per heavy atom. The zero-order valence-electron chi connectivity index (χ0n) is 8.91. The van der Waals surface area contributed by atoms with Crippen LogP contribution in [0.2, 0.25) is 5.28 Å². The van der Waals surface area contributed by atoms with Gasteiger partial charge in [-0.05, 0) is 23.7 Å². The molecule has 0 saturated heterocycles. The molecule has 6 heteroatoms. The number of rotatable bonds is 2. The number of fused-ring (bicyclic) bond motifs is 1. The van der Waals surface area contributed by atoms with Crippen LogP contribution in [-0.4, -0.2) is 23.0 Å². The zero-order chi connectivity index (χ0) is 12.4. The SMILES string of the molecule is COC(=O)Cc1nc(Cl)nc2cccc(F)c12. The zero-order valence-corrected chi connectivity index (χ0v) is 9.66. The average Bonchev–Trinajstić information content (AvgIpc) is 2.28. The highest BCUT2D eigenvalue weighted by Crippen LogP contribution is 2.21. The first-order valence-corrected chi connectivity index (χ1v) is 5.17. The molecule has 0 amide bonds. The molecule has 0 aliphatic heterocycles. The van der Waals surface area contributed by atoms with E-state index in [9.17, 15) is 9.18 Å². The molecule has 0 spiro atoms. The molecule has 0 aliphatic carbocycles. The Hall–Kier alpha value is -1.75. The van der Waals surface area contributed by atoms with Gasteiger partial charge in [0.15, 0.2) is 0 Å². The molecule has 1 aromatic carbocycles. The summed E-state index contributed by atoms with van der Waals surface area (Å²) in [6.07, 6.45) is -0.143. The second-order valence-corrected chi connectivity index (χ2v) is 3.66. The number of carbonyl (C=O) groups excluding carboxylic acids is 1. The summed E-state index contributed by atoms with van der Waals surface area (Å²) in [5.41, 5.74) is 0.592. The minimum atomic E-state index is -0.510. The van der Waals surface area contributed by atoms with Gasteiger partial charge in [-0.3, -0.25) is 4.79 Å². The topological polar surface area (TPSA) is 52.1 Å². The van der Waals surface area contributed by atoms with Crippen LogP contribution in [0.3, 0.4) is 0 Å². The molecule has 88 valence electrons. The summed E-state index contributed by atoms with van der Waals surface area (Å²) in [6.45, 7) is 0. The molecule has 2 aromatic rings. The van der Waals surface area contributed by atoms with E-state index in [1.165, 1.54) is 19.2 Å². The van der Waals surface area contributed by atoms with Crippen molar-refractivity contribution in [1.82, 2.24) is 9.97 Å². The lowest BCUT2D eigenvalue weighted by atomic mass is 10.1. The molecule has 0 saturated carbocycles. The Bertz CT molecular complexity index is 589. The van der Waals surface area contributed by atoms with Gasteiger partial charge in [0.05, 0.1) is 30.1 Å². The molecule has 2 rings (SSSR count). The third kappa shape index (κ3) is 2.34. The lowest BCUT2D eigenvalue weighted by Crippen LogP contribution is -2.08. The highest BCUT2D eigenvalue weighted by molar-refractivity contribution is 6.28. The number of ether oxygens (including phenoxy) is 1. The van der Waals surface area contributed by atoms with Crippen molar-refractivity contribution in [3.63, 3.8) is 0 Å². The Balaban J connectivity index is 2.64. The number of aromatic nitrogens is 2. The molecule has 1 aromatic heterocycles. The van der Waals surface area contributed by atoms with Gasteiger partial charge in [-0.15, -0.1) is 0 Å². The summed E-state index contributed by atoms with van der Waals surface area (Å²) in [5, 5.41) is 0.171. The van der Waals surface area contributed by atoms with E-state index in [2.05, 4.69) is 14.7 Å². The standard InChI is InChI=1S/C11H8ClFN2O2/c1-17-9(16)5-8-10-6(13)3-2-4-7(10)14-11(12)15-8/h2-4H,5H2,1H3. The number of hydrogen-bond donors (Lipinski definition) is 0. The van der Waals surface area contributed by atoms with Crippen LogP contribution in [0.1, 0.15) is 5.69 Å². The lowest BCUT2D eigenvalue weighted by Gasteiger charge is -2.05. The molecule has 0 aliphatic rings. The van der Waals surface area contributed by atoms with Gasteiger partial charge in [0, 0.05) is 0 Å². The fraction of sp³-hybridized carbons (Fsp3) is 0.182. The van der Waals surface area contributed by atoms with Crippen molar-refractivity contribution in [2.45, 2.75) is 6.42 Å². The molecule has 0 N–H and O–H groups in total. The van der Waals surface area contributed by atoms with Crippen LogP contribution in [0.4, 0.5) is 4.39 Å². The van der Waals surface area contributed by atoms with Crippen molar-refractivity contribution in [2.75, 3.05) is 7.11 Å². The van der Waals surface area contributed by atoms with Crippen LogP contribution < -0.4 is 0 Å². The van der Waals surface area contributed by atoms with Gasteiger partial charge >= 0.3 is 5.97 Å². The minimum Gasteiger partial charge on any atom is -0.469 e. The van der Waals surface area contributed by atoms with Gasteiger partial charge in [-0.2, -0.15) is 0 Å². The highest BCUT2D eigenvalue weighted by Gasteiger charge is 2.14. The molecule has 17 heavy (non-hydrogen) atoms. The van der Waals surface area contributed by atoms with Crippen LogP contribution in [0.15, 0.2) is 18.2 Å². The van der Waals surface area contributed by atoms with Crippen molar-refractivity contribution >= 4 is 28.5 Å². The average molecular weight is 255 g/mol. The summed E-state index contributed by atoms with van der Waals surface area (Å²) in [6, 6.07) is 4.40. The fourth-order valence-electron chi connectivity index (χ4n) is 1.52. The van der Waals surface area contributed by atoms with E-state index in [4.69, 9.17) is 11.6 Å². The first-order valence-electron chi connectivity index (χ1n) is 4.79. The molecule has 0 atom stereocenters. The number of carbonyl (C=O) groups is 1. The van der Waals surface area contributed by atoms with Crippen molar-refractivity contribution in [2.24, 2.45) is 0 Å². The Kier molecular flexibility index (Phi) is 3.19. The van der Waals surface area contributed by atoms with Crippen LogP contribution in [0, 0.1) is 5.82 Å². The smallest absolute Gasteiger partial charge is 0.311 e. The first kappa shape index (κ1) is 11.7. The van der Waals surface area contributed by atoms with Gasteiger partial charge in [-0.1, -0.05) is 6.07 Å². The van der Waals surface area contributed by atoms with Crippen molar-refractivity contribution in [1.29, 1.82) is 0 Å². The second kappa shape index (κ2) is 4.63. The van der Waals surface area contributed by atoms with Crippen LogP contribution in [-0.2, 0) is 16.0 Å². The number of esters is 1. The highest BCUT2D eigenvalue weighted by atomic mass is 35.5. The molecule has 0 radical (unpaired) electrons. The number of nitrogens with zero attached hydrogens (tertiary/aromatic N) is 2. The van der Waals surface area contributed by atoms with E-state index >= 15 is 0 Å². The minimum absolute atomic E-state index is 0.0259. The maximum atomic E-state index is 13.7. The molecule has 0 fully saturated rings. The molecular formula is C11H8ClFN2O2. The summed E-state index contributed by atoms with van der Waals surface area (Å²) in [5.74, 6) is -0.998. The van der Waals surface area contributed by atoms with E-state index in [0.717, 1.165) is 0 Å². The Labute approximate surface area is 101 Å². The van der Waals surface area contributed by atoms with E-state index in [-0.39, 0.29) is 22.8 Å². The first-order chi connectivity index (χ1) is 8.11. The van der Waals surface area contributed by atoms with Crippen LogP contribution in [0.25, 0.3) is 10.9 Å². The quantitative estimate of drug-likeness (QED) is 0.609.